The summed E-state index contributed by atoms with van der Waals surface area (Å²) in [4.78, 5) is 10.3. The second-order valence-electron chi connectivity index (χ2n) is 12.2. The van der Waals surface area contributed by atoms with Crippen molar-refractivity contribution >= 4 is 32.4 Å². The van der Waals surface area contributed by atoms with Crippen LogP contribution in [0.2, 0.25) is 0 Å². The molecular weight excluding hydrogens is 581 g/mol. The maximum Gasteiger partial charge on any atom is 0.160 e. The number of nitrogens with zero attached hydrogens (tertiary/aromatic N) is 2. The molecule has 0 spiro atoms. The minimum Gasteiger partial charge on any atom is -0.227 e. The van der Waals surface area contributed by atoms with E-state index in [1.807, 2.05) is 18.2 Å². The van der Waals surface area contributed by atoms with Crippen molar-refractivity contribution in [3.63, 3.8) is 0 Å². The molecule has 224 valence electrons. The predicted molar refractivity (Wildman–Crippen MR) is 202 cm³/mol. The molecule has 0 aliphatic heterocycles. The first kappa shape index (κ1) is 27.9. The first-order chi connectivity index (χ1) is 23.8. The van der Waals surface area contributed by atoms with Gasteiger partial charge in [0.05, 0.1) is 11.2 Å². The summed E-state index contributed by atoms with van der Waals surface area (Å²) in [7, 11) is 0. The fourth-order valence-corrected chi connectivity index (χ4v) is 6.77. The summed E-state index contributed by atoms with van der Waals surface area (Å²) in [5.41, 5.74) is 11.1. The van der Waals surface area contributed by atoms with Gasteiger partial charge in [-0.15, -0.1) is 0 Å². The number of hydrogen-bond donors (Lipinski definition) is 0. The highest BCUT2D eigenvalue weighted by molar-refractivity contribution is 6.09. The molecule has 0 bridgehead atoms. The lowest BCUT2D eigenvalue weighted by Gasteiger charge is -2.13. The van der Waals surface area contributed by atoms with Crippen LogP contribution >= 0.6 is 0 Å². The summed E-state index contributed by atoms with van der Waals surface area (Å²) >= 11 is 0. The standard InChI is InChI=1S/C46H30N2/c1-2-13-33(14-3-1)46-47-44(43-26-25-32-12-6-7-22-42(32)45(43)48-46)41-21-10-20-39(30-41)37-18-8-16-35(28-37)36-17-9-19-38(29-36)40-24-23-31-11-4-5-15-34(31)27-40/h1-30H. The summed E-state index contributed by atoms with van der Waals surface area (Å²) in [5, 5.41) is 5.86. The Morgan fingerprint density at radius 1 is 0.271 bits per heavy atom. The van der Waals surface area contributed by atoms with Crippen LogP contribution in [0.5, 0.6) is 0 Å². The molecule has 0 unspecified atom stereocenters. The fraction of sp³-hybridized carbons (Fsp3) is 0. The number of benzene rings is 8. The van der Waals surface area contributed by atoms with Crippen molar-refractivity contribution in [1.29, 1.82) is 0 Å². The minimum atomic E-state index is 0.730. The van der Waals surface area contributed by atoms with Crippen LogP contribution in [0.1, 0.15) is 0 Å². The lowest BCUT2D eigenvalue weighted by molar-refractivity contribution is 1.23. The van der Waals surface area contributed by atoms with Gasteiger partial charge in [-0.25, -0.2) is 9.97 Å². The molecule has 0 amide bonds. The zero-order valence-electron chi connectivity index (χ0n) is 26.2. The highest BCUT2D eigenvalue weighted by Gasteiger charge is 2.15. The van der Waals surface area contributed by atoms with Crippen LogP contribution in [-0.4, -0.2) is 9.97 Å². The van der Waals surface area contributed by atoms with E-state index in [0.717, 1.165) is 50.1 Å². The van der Waals surface area contributed by atoms with E-state index in [9.17, 15) is 0 Å². The van der Waals surface area contributed by atoms with E-state index in [1.165, 1.54) is 38.4 Å². The van der Waals surface area contributed by atoms with E-state index in [0.29, 0.717) is 0 Å². The fourth-order valence-electron chi connectivity index (χ4n) is 6.77. The van der Waals surface area contributed by atoms with Gasteiger partial charge in [-0.3, -0.25) is 0 Å². The third kappa shape index (κ3) is 5.10. The molecule has 9 aromatic rings. The van der Waals surface area contributed by atoms with Crippen LogP contribution in [0.25, 0.3) is 88.5 Å². The Balaban J connectivity index is 1.13. The van der Waals surface area contributed by atoms with Crippen LogP contribution in [0.3, 0.4) is 0 Å². The van der Waals surface area contributed by atoms with Crippen molar-refractivity contribution < 1.29 is 0 Å². The molecule has 0 atom stereocenters. The van der Waals surface area contributed by atoms with E-state index in [1.54, 1.807) is 0 Å². The van der Waals surface area contributed by atoms with Gasteiger partial charge >= 0.3 is 0 Å². The lowest BCUT2D eigenvalue weighted by atomic mass is 9.94. The van der Waals surface area contributed by atoms with Crippen molar-refractivity contribution in [2.75, 3.05) is 0 Å². The van der Waals surface area contributed by atoms with Crippen molar-refractivity contribution in [1.82, 2.24) is 9.97 Å². The molecular formula is C46H30N2. The Labute approximate surface area is 279 Å². The van der Waals surface area contributed by atoms with Crippen LogP contribution in [0.4, 0.5) is 0 Å². The van der Waals surface area contributed by atoms with Crippen molar-refractivity contribution in [2.45, 2.75) is 0 Å². The Bertz CT molecular complexity index is 2620. The molecule has 0 saturated heterocycles. The quantitative estimate of drug-likeness (QED) is 0.181. The highest BCUT2D eigenvalue weighted by Crippen LogP contribution is 2.36. The van der Waals surface area contributed by atoms with Crippen LogP contribution in [-0.2, 0) is 0 Å². The highest BCUT2D eigenvalue weighted by atomic mass is 14.9. The zero-order chi connectivity index (χ0) is 31.9. The summed E-state index contributed by atoms with van der Waals surface area (Å²) in [6, 6.07) is 64.7. The summed E-state index contributed by atoms with van der Waals surface area (Å²) in [5.74, 6) is 0.730. The SMILES string of the molecule is c1ccc(-c2nc(-c3cccc(-c4cccc(-c5cccc(-c6ccc7ccccc7c6)c5)c4)c3)c3ccc4ccccc4c3n2)cc1. The topological polar surface area (TPSA) is 25.8 Å². The largest absolute Gasteiger partial charge is 0.227 e. The van der Waals surface area contributed by atoms with E-state index in [-0.39, 0.29) is 0 Å². The molecule has 0 fully saturated rings. The van der Waals surface area contributed by atoms with Crippen molar-refractivity contribution in [3.8, 4) is 56.0 Å². The second-order valence-corrected chi connectivity index (χ2v) is 12.2. The Morgan fingerprint density at radius 3 is 1.46 bits per heavy atom. The van der Waals surface area contributed by atoms with Crippen LogP contribution < -0.4 is 0 Å². The molecule has 0 aliphatic rings. The zero-order valence-corrected chi connectivity index (χ0v) is 26.2. The van der Waals surface area contributed by atoms with Gasteiger partial charge in [0.1, 0.15) is 0 Å². The molecule has 2 heteroatoms. The van der Waals surface area contributed by atoms with E-state index >= 15 is 0 Å². The Kier molecular flexibility index (Phi) is 6.84. The average Bonchev–Trinajstić information content (AvgIpc) is 3.17. The molecule has 0 N–H and O–H groups in total. The molecule has 2 nitrogen and oxygen atoms in total. The average molecular weight is 611 g/mol. The number of rotatable bonds is 5. The van der Waals surface area contributed by atoms with Gasteiger partial charge in [0, 0.05) is 21.9 Å². The first-order valence-corrected chi connectivity index (χ1v) is 16.3. The van der Waals surface area contributed by atoms with E-state index in [2.05, 4.69) is 164 Å². The molecule has 1 aromatic heterocycles. The molecule has 8 aromatic carbocycles. The molecule has 48 heavy (non-hydrogen) atoms. The normalized spacial score (nSPS) is 11.3. The smallest absolute Gasteiger partial charge is 0.160 e. The van der Waals surface area contributed by atoms with Gasteiger partial charge in [0.2, 0.25) is 0 Å². The minimum absolute atomic E-state index is 0.730. The Morgan fingerprint density at radius 2 is 0.771 bits per heavy atom. The molecule has 0 saturated carbocycles. The first-order valence-electron chi connectivity index (χ1n) is 16.3. The Hall–Kier alpha value is -6.38. The van der Waals surface area contributed by atoms with Gasteiger partial charge in [0.15, 0.2) is 5.82 Å². The molecule has 9 rings (SSSR count). The third-order valence-electron chi connectivity index (χ3n) is 9.23. The number of aromatic nitrogens is 2. The monoisotopic (exact) mass is 610 g/mol. The number of fused-ring (bicyclic) bond motifs is 4. The third-order valence-corrected chi connectivity index (χ3v) is 9.23. The maximum atomic E-state index is 5.19. The predicted octanol–water partition coefficient (Wildman–Crippen LogP) is 12.3. The van der Waals surface area contributed by atoms with Crippen molar-refractivity contribution in [2.24, 2.45) is 0 Å². The van der Waals surface area contributed by atoms with Crippen molar-refractivity contribution in [3.05, 3.63) is 182 Å². The summed E-state index contributed by atoms with van der Waals surface area (Å²) in [6.45, 7) is 0. The maximum absolute atomic E-state index is 5.19. The van der Waals surface area contributed by atoms with Crippen LogP contribution in [0.15, 0.2) is 182 Å². The molecule has 0 aliphatic carbocycles. The van der Waals surface area contributed by atoms with E-state index in [4.69, 9.17) is 9.97 Å². The number of hydrogen-bond acceptors (Lipinski definition) is 2. The lowest BCUT2D eigenvalue weighted by Crippen LogP contribution is -1.96. The van der Waals surface area contributed by atoms with Gasteiger partial charge in [-0.2, -0.15) is 0 Å². The summed E-state index contributed by atoms with van der Waals surface area (Å²) < 4.78 is 0. The van der Waals surface area contributed by atoms with Crippen LogP contribution in [0, 0.1) is 0 Å². The summed E-state index contributed by atoms with van der Waals surface area (Å²) in [6.07, 6.45) is 0. The van der Waals surface area contributed by atoms with E-state index < -0.39 is 0 Å². The van der Waals surface area contributed by atoms with Gasteiger partial charge in [0.25, 0.3) is 0 Å². The molecule has 1 heterocycles. The van der Waals surface area contributed by atoms with Gasteiger partial charge in [-0.1, -0.05) is 152 Å². The van der Waals surface area contributed by atoms with Gasteiger partial charge in [-0.05, 0) is 79.9 Å². The van der Waals surface area contributed by atoms with Gasteiger partial charge < -0.3 is 0 Å². The molecule has 0 radical (unpaired) electrons. The second kappa shape index (κ2) is 11.8.